The largest absolute Gasteiger partial charge is 0.507 e. The standard InChI is InChI=1S/C19H17F3N4O2/c20-19(21,22)11-2-3-13(16(28)7-11)17-12-5-6-23-9-14(12)18(26-25-17)24-8-10-1-4-15(10)27/h2-3,5-7,9-10,15,27-28H,1,4,8H2,(H,24,26)/t10-,15-/m0/s1. The van der Waals surface area contributed by atoms with Gasteiger partial charge in [0.25, 0.3) is 0 Å². The molecule has 146 valence electrons. The van der Waals surface area contributed by atoms with E-state index in [0.717, 1.165) is 18.9 Å². The number of aromatic hydroxyl groups is 1. The lowest BCUT2D eigenvalue weighted by Crippen LogP contribution is -2.36. The Morgan fingerprint density at radius 2 is 1.93 bits per heavy atom. The molecule has 0 amide bonds. The van der Waals surface area contributed by atoms with Gasteiger partial charge in [0.2, 0.25) is 0 Å². The molecule has 0 spiro atoms. The Morgan fingerprint density at radius 3 is 2.57 bits per heavy atom. The number of phenols is 1. The third-order valence-corrected chi connectivity index (χ3v) is 5.07. The fourth-order valence-electron chi connectivity index (χ4n) is 3.25. The van der Waals surface area contributed by atoms with Crippen LogP contribution in [0, 0.1) is 5.92 Å². The van der Waals surface area contributed by atoms with Gasteiger partial charge >= 0.3 is 6.18 Å². The molecule has 0 unspecified atom stereocenters. The number of nitrogens with zero attached hydrogens (tertiary/aromatic N) is 3. The van der Waals surface area contributed by atoms with E-state index in [9.17, 15) is 23.4 Å². The van der Waals surface area contributed by atoms with Crippen LogP contribution in [0.4, 0.5) is 19.0 Å². The molecular weight excluding hydrogens is 373 g/mol. The molecule has 1 aliphatic carbocycles. The van der Waals surface area contributed by atoms with Crippen LogP contribution in [-0.2, 0) is 6.18 Å². The van der Waals surface area contributed by atoms with Crippen LogP contribution in [0.2, 0.25) is 0 Å². The molecule has 0 saturated heterocycles. The average Bonchev–Trinajstić information content (AvgIpc) is 2.66. The molecule has 1 aromatic carbocycles. The lowest BCUT2D eigenvalue weighted by Gasteiger charge is -2.32. The van der Waals surface area contributed by atoms with Crippen molar-refractivity contribution in [2.45, 2.75) is 25.1 Å². The molecule has 2 heterocycles. The summed E-state index contributed by atoms with van der Waals surface area (Å²) in [4.78, 5) is 4.08. The van der Waals surface area contributed by atoms with Crippen LogP contribution in [0.1, 0.15) is 18.4 Å². The number of fused-ring (bicyclic) bond motifs is 1. The van der Waals surface area contributed by atoms with Gasteiger partial charge in [-0.2, -0.15) is 13.2 Å². The van der Waals surface area contributed by atoms with Gasteiger partial charge in [0.1, 0.15) is 11.4 Å². The van der Waals surface area contributed by atoms with Crippen molar-refractivity contribution in [3.63, 3.8) is 0 Å². The zero-order chi connectivity index (χ0) is 19.9. The van der Waals surface area contributed by atoms with Gasteiger partial charge in [-0.25, -0.2) is 0 Å². The first-order valence-corrected chi connectivity index (χ1v) is 8.77. The molecule has 28 heavy (non-hydrogen) atoms. The maximum atomic E-state index is 12.8. The molecule has 3 N–H and O–H groups in total. The van der Waals surface area contributed by atoms with E-state index in [-0.39, 0.29) is 23.3 Å². The maximum Gasteiger partial charge on any atom is 0.416 e. The molecule has 2 atom stereocenters. The van der Waals surface area contributed by atoms with E-state index in [2.05, 4.69) is 20.5 Å². The second-order valence-corrected chi connectivity index (χ2v) is 6.83. The van der Waals surface area contributed by atoms with Crippen LogP contribution in [0.3, 0.4) is 0 Å². The van der Waals surface area contributed by atoms with Crippen LogP contribution in [0.5, 0.6) is 5.75 Å². The molecule has 3 aromatic rings. The Bertz CT molecular complexity index is 1030. The lowest BCUT2D eigenvalue weighted by molar-refractivity contribution is -0.137. The summed E-state index contributed by atoms with van der Waals surface area (Å²) < 4.78 is 38.5. The Hall–Kier alpha value is -2.94. The normalized spacial score (nSPS) is 19.4. The number of hydrogen-bond acceptors (Lipinski definition) is 6. The molecular formula is C19H17F3N4O2. The van der Waals surface area contributed by atoms with E-state index in [0.29, 0.717) is 29.2 Å². The lowest BCUT2D eigenvalue weighted by atomic mass is 9.82. The van der Waals surface area contributed by atoms with E-state index < -0.39 is 17.5 Å². The van der Waals surface area contributed by atoms with E-state index >= 15 is 0 Å². The first-order chi connectivity index (χ1) is 13.3. The molecule has 1 saturated carbocycles. The van der Waals surface area contributed by atoms with Crippen molar-refractivity contribution < 1.29 is 23.4 Å². The zero-order valence-electron chi connectivity index (χ0n) is 14.6. The topological polar surface area (TPSA) is 91.2 Å². The number of halogens is 3. The van der Waals surface area contributed by atoms with Crippen molar-refractivity contribution in [1.82, 2.24) is 15.2 Å². The molecule has 4 rings (SSSR count). The van der Waals surface area contributed by atoms with Gasteiger partial charge in [0.05, 0.1) is 11.7 Å². The highest BCUT2D eigenvalue weighted by atomic mass is 19.4. The SMILES string of the molecule is Oc1cc(C(F)(F)F)ccc1-c1nnc(NC[C@@H]2CC[C@@H]2O)c2cnccc12. The summed E-state index contributed by atoms with van der Waals surface area (Å²) in [6.45, 7) is 0.532. The van der Waals surface area contributed by atoms with E-state index in [1.807, 2.05) is 0 Å². The Balaban J connectivity index is 1.72. The second-order valence-electron chi connectivity index (χ2n) is 6.83. The number of rotatable bonds is 4. The Morgan fingerprint density at radius 1 is 1.11 bits per heavy atom. The fraction of sp³-hybridized carbons (Fsp3) is 0.316. The summed E-state index contributed by atoms with van der Waals surface area (Å²) >= 11 is 0. The summed E-state index contributed by atoms with van der Waals surface area (Å²) in [6, 6.07) is 4.42. The smallest absolute Gasteiger partial charge is 0.416 e. The van der Waals surface area contributed by atoms with Crippen molar-refractivity contribution in [2.75, 3.05) is 11.9 Å². The number of nitrogens with one attached hydrogen (secondary N) is 1. The minimum atomic E-state index is -4.55. The predicted molar refractivity (Wildman–Crippen MR) is 96.7 cm³/mol. The number of anilines is 1. The highest BCUT2D eigenvalue weighted by Gasteiger charge is 2.31. The van der Waals surface area contributed by atoms with Gasteiger partial charge in [-0.05, 0) is 37.1 Å². The van der Waals surface area contributed by atoms with Crippen molar-refractivity contribution in [3.8, 4) is 17.0 Å². The van der Waals surface area contributed by atoms with Gasteiger partial charge in [-0.1, -0.05) is 0 Å². The maximum absolute atomic E-state index is 12.8. The summed E-state index contributed by atoms with van der Waals surface area (Å²) in [6.07, 6.45) is -0.0503. The van der Waals surface area contributed by atoms with Crippen molar-refractivity contribution in [3.05, 3.63) is 42.2 Å². The first kappa shape index (κ1) is 18.4. The van der Waals surface area contributed by atoms with Crippen LogP contribution < -0.4 is 5.32 Å². The average molecular weight is 390 g/mol. The molecule has 0 aliphatic heterocycles. The number of phenolic OH excluding ortho intramolecular Hbond substituents is 1. The monoisotopic (exact) mass is 390 g/mol. The third-order valence-electron chi connectivity index (χ3n) is 5.07. The van der Waals surface area contributed by atoms with Crippen molar-refractivity contribution in [1.29, 1.82) is 0 Å². The third kappa shape index (κ3) is 3.33. The highest BCUT2D eigenvalue weighted by Crippen LogP contribution is 2.38. The summed E-state index contributed by atoms with van der Waals surface area (Å²) in [5.41, 5.74) is -0.527. The minimum absolute atomic E-state index is 0.146. The Labute approximate surface area is 158 Å². The predicted octanol–water partition coefficient (Wildman–Crippen LogP) is 3.60. The van der Waals surface area contributed by atoms with Crippen LogP contribution in [0.25, 0.3) is 22.0 Å². The quantitative estimate of drug-likeness (QED) is 0.631. The molecule has 1 fully saturated rings. The molecule has 2 aromatic heterocycles. The van der Waals surface area contributed by atoms with Crippen LogP contribution in [0.15, 0.2) is 36.7 Å². The number of pyridine rings is 1. The number of alkyl halides is 3. The van der Waals surface area contributed by atoms with Crippen LogP contribution >= 0.6 is 0 Å². The van der Waals surface area contributed by atoms with Gasteiger partial charge < -0.3 is 15.5 Å². The second kappa shape index (κ2) is 6.90. The molecule has 0 radical (unpaired) electrons. The molecule has 9 heteroatoms. The van der Waals surface area contributed by atoms with E-state index in [4.69, 9.17) is 0 Å². The minimum Gasteiger partial charge on any atom is -0.507 e. The van der Waals surface area contributed by atoms with E-state index in [1.165, 1.54) is 12.3 Å². The summed E-state index contributed by atoms with van der Waals surface area (Å²) in [5, 5.41) is 32.5. The number of benzene rings is 1. The van der Waals surface area contributed by atoms with Crippen molar-refractivity contribution >= 4 is 16.6 Å². The number of aromatic nitrogens is 3. The molecule has 1 aliphatic rings. The number of aliphatic hydroxyl groups excluding tert-OH is 1. The number of hydrogen-bond donors (Lipinski definition) is 3. The fourth-order valence-corrected chi connectivity index (χ4v) is 3.25. The molecule has 0 bridgehead atoms. The van der Waals surface area contributed by atoms with Gasteiger partial charge in [0, 0.05) is 41.2 Å². The zero-order valence-corrected chi connectivity index (χ0v) is 14.6. The van der Waals surface area contributed by atoms with Gasteiger partial charge in [0.15, 0.2) is 5.82 Å². The first-order valence-electron chi connectivity index (χ1n) is 8.77. The number of aliphatic hydroxyl groups is 1. The van der Waals surface area contributed by atoms with Crippen LogP contribution in [-0.4, -0.2) is 38.0 Å². The van der Waals surface area contributed by atoms with E-state index in [1.54, 1.807) is 12.3 Å². The van der Waals surface area contributed by atoms with Gasteiger partial charge in [-0.15, -0.1) is 10.2 Å². The summed E-state index contributed by atoms with van der Waals surface area (Å²) in [5.74, 6) is 0.0880. The van der Waals surface area contributed by atoms with Gasteiger partial charge in [-0.3, -0.25) is 4.98 Å². The molecule has 6 nitrogen and oxygen atoms in total. The van der Waals surface area contributed by atoms with Crippen molar-refractivity contribution in [2.24, 2.45) is 5.92 Å². The summed E-state index contributed by atoms with van der Waals surface area (Å²) in [7, 11) is 0. The highest BCUT2D eigenvalue weighted by molar-refractivity contribution is 6.00. The Kier molecular flexibility index (Phi) is 4.54.